The maximum Gasteiger partial charge on any atom is 0.340 e. The zero-order valence-corrected chi connectivity index (χ0v) is 14.3. The fourth-order valence-electron chi connectivity index (χ4n) is 2.07. The Morgan fingerprint density at radius 3 is 2.38 bits per heavy atom. The summed E-state index contributed by atoms with van der Waals surface area (Å²) in [5, 5.41) is 9.40. The van der Waals surface area contributed by atoms with Crippen LogP contribution in [0.15, 0.2) is 59.5 Å². The van der Waals surface area contributed by atoms with Gasteiger partial charge in [0.05, 0.1) is 4.88 Å². The SMILES string of the molecule is Cc1ccc(S(=O)(=O)Oc2nsc(-c3ccccc3)c2C#N)cc1. The summed E-state index contributed by atoms with van der Waals surface area (Å²) in [6, 6.07) is 17.4. The number of rotatable bonds is 4. The van der Waals surface area contributed by atoms with Gasteiger partial charge in [-0.15, -0.1) is 0 Å². The lowest BCUT2D eigenvalue weighted by Gasteiger charge is -2.05. The van der Waals surface area contributed by atoms with Crippen molar-refractivity contribution in [2.24, 2.45) is 0 Å². The molecule has 2 aromatic carbocycles. The van der Waals surface area contributed by atoms with Gasteiger partial charge >= 0.3 is 10.1 Å². The van der Waals surface area contributed by atoms with E-state index >= 15 is 0 Å². The standard InChI is InChI=1S/C17H12N2O3S2/c1-12-7-9-14(10-8-12)24(20,21)22-17-15(11-18)16(23-19-17)13-5-3-2-4-6-13/h2-10H,1H3. The molecule has 0 aliphatic heterocycles. The number of hydrogen-bond donors (Lipinski definition) is 0. The summed E-state index contributed by atoms with van der Waals surface area (Å²) in [6.07, 6.45) is 0. The molecular weight excluding hydrogens is 344 g/mol. The first-order valence-corrected chi connectivity index (χ1v) is 9.16. The van der Waals surface area contributed by atoms with Gasteiger partial charge in [0.1, 0.15) is 16.5 Å². The molecule has 0 atom stereocenters. The van der Waals surface area contributed by atoms with E-state index in [0.717, 1.165) is 22.7 Å². The van der Waals surface area contributed by atoms with Crippen LogP contribution in [0.2, 0.25) is 0 Å². The van der Waals surface area contributed by atoms with Crippen molar-refractivity contribution in [3.05, 3.63) is 65.7 Å². The van der Waals surface area contributed by atoms with Gasteiger partial charge in [-0.25, -0.2) is 0 Å². The summed E-state index contributed by atoms with van der Waals surface area (Å²) in [5.41, 5.74) is 1.84. The quantitative estimate of drug-likeness (QED) is 0.665. The molecule has 0 fully saturated rings. The summed E-state index contributed by atoms with van der Waals surface area (Å²) in [5.74, 6) is -0.193. The van der Waals surface area contributed by atoms with Crippen molar-refractivity contribution in [2.75, 3.05) is 0 Å². The predicted molar refractivity (Wildman–Crippen MR) is 91.3 cm³/mol. The van der Waals surface area contributed by atoms with Gasteiger partial charge in [0.2, 0.25) is 0 Å². The molecule has 0 unspecified atom stereocenters. The smallest absolute Gasteiger partial charge is 0.340 e. The highest BCUT2D eigenvalue weighted by Crippen LogP contribution is 2.35. The minimum absolute atomic E-state index is 0.0197. The molecule has 3 aromatic rings. The number of benzene rings is 2. The number of nitriles is 1. The van der Waals surface area contributed by atoms with Crippen molar-refractivity contribution < 1.29 is 12.6 Å². The predicted octanol–water partition coefficient (Wildman–Crippen LogP) is 3.76. The molecule has 1 aromatic heterocycles. The lowest BCUT2D eigenvalue weighted by atomic mass is 10.1. The van der Waals surface area contributed by atoms with E-state index < -0.39 is 10.1 Å². The molecule has 1 heterocycles. The van der Waals surface area contributed by atoms with Crippen LogP contribution in [0.5, 0.6) is 5.88 Å². The fourth-order valence-corrected chi connectivity index (χ4v) is 3.78. The molecule has 5 nitrogen and oxygen atoms in total. The zero-order valence-electron chi connectivity index (χ0n) is 12.6. The zero-order chi connectivity index (χ0) is 17.2. The van der Waals surface area contributed by atoms with Crippen LogP contribution in [0, 0.1) is 18.3 Å². The van der Waals surface area contributed by atoms with Crippen LogP contribution >= 0.6 is 11.5 Å². The Balaban J connectivity index is 1.98. The molecule has 0 amide bonds. The molecule has 0 radical (unpaired) electrons. The highest BCUT2D eigenvalue weighted by molar-refractivity contribution is 7.87. The van der Waals surface area contributed by atoms with Gasteiger partial charge in [-0.2, -0.15) is 18.1 Å². The van der Waals surface area contributed by atoms with E-state index in [1.165, 1.54) is 12.1 Å². The lowest BCUT2D eigenvalue weighted by Crippen LogP contribution is -2.10. The lowest BCUT2D eigenvalue weighted by molar-refractivity contribution is 0.478. The van der Waals surface area contributed by atoms with E-state index in [4.69, 9.17) is 4.18 Å². The summed E-state index contributed by atoms with van der Waals surface area (Å²) in [6.45, 7) is 1.86. The van der Waals surface area contributed by atoms with E-state index in [9.17, 15) is 13.7 Å². The molecule has 24 heavy (non-hydrogen) atoms. The van der Waals surface area contributed by atoms with Gasteiger partial charge in [0.25, 0.3) is 5.88 Å². The van der Waals surface area contributed by atoms with E-state index in [1.807, 2.05) is 43.3 Å². The fraction of sp³-hybridized carbons (Fsp3) is 0.0588. The number of nitrogens with zero attached hydrogens (tertiary/aromatic N) is 2. The minimum atomic E-state index is -4.04. The third kappa shape index (κ3) is 3.15. The second-order valence-electron chi connectivity index (χ2n) is 5.02. The van der Waals surface area contributed by atoms with E-state index in [0.29, 0.717) is 4.88 Å². The van der Waals surface area contributed by atoms with Crippen LogP contribution in [0.4, 0.5) is 0 Å². The Bertz CT molecular complexity index is 1000. The van der Waals surface area contributed by atoms with Crippen LogP contribution in [0.1, 0.15) is 11.1 Å². The minimum Gasteiger partial charge on any atom is -0.356 e. The summed E-state index contributed by atoms with van der Waals surface area (Å²) in [4.78, 5) is 0.596. The van der Waals surface area contributed by atoms with Gasteiger partial charge in [0.15, 0.2) is 0 Å². The summed E-state index contributed by atoms with van der Waals surface area (Å²) >= 11 is 1.03. The topological polar surface area (TPSA) is 80.1 Å². The van der Waals surface area contributed by atoms with Gasteiger partial charge in [-0.05, 0) is 36.2 Å². The molecule has 0 saturated carbocycles. The maximum absolute atomic E-state index is 12.4. The van der Waals surface area contributed by atoms with Crippen molar-refractivity contribution in [1.82, 2.24) is 4.37 Å². The Kier molecular flexibility index (Phi) is 4.34. The summed E-state index contributed by atoms with van der Waals surface area (Å²) < 4.78 is 33.8. The number of hydrogen-bond acceptors (Lipinski definition) is 6. The molecule has 0 bridgehead atoms. The normalized spacial score (nSPS) is 11.0. The first kappa shape index (κ1) is 16.2. The van der Waals surface area contributed by atoms with Gasteiger partial charge < -0.3 is 4.18 Å². The summed E-state index contributed by atoms with van der Waals surface area (Å²) in [7, 11) is -4.04. The Morgan fingerprint density at radius 1 is 1.08 bits per heavy atom. The van der Waals surface area contributed by atoms with Crippen molar-refractivity contribution in [3.63, 3.8) is 0 Å². The van der Waals surface area contributed by atoms with Crippen LogP contribution < -0.4 is 4.18 Å². The van der Waals surface area contributed by atoms with Crippen LogP contribution in [-0.4, -0.2) is 12.8 Å². The maximum atomic E-state index is 12.4. The molecule has 3 rings (SSSR count). The highest BCUT2D eigenvalue weighted by Gasteiger charge is 2.23. The molecule has 120 valence electrons. The molecule has 0 aliphatic carbocycles. The molecule has 0 aliphatic rings. The van der Waals surface area contributed by atoms with Gasteiger partial charge in [-0.1, -0.05) is 48.0 Å². The average molecular weight is 356 g/mol. The van der Waals surface area contributed by atoms with Gasteiger partial charge in [0, 0.05) is 0 Å². The van der Waals surface area contributed by atoms with E-state index in [2.05, 4.69) is 4.37 Å². The molecule has 0 spiro atoms. The van der Waals surface area contributed by atoms with Crippen molar-refractivity contribution in [2.45, 2.75) is 11.8 Å². The third-order valence-corrected chi connectivity index (χ3v) is 5.41. The third-order valence-electron chi connectivity index (χ3n) is 3.31. The Morgan fingerprint density at radius 2 is 1.75 bits per heavy atom. The van der Waals surface area contributed by atoms with Crippen molar-refractivity contribution in [1.29, 1.82) is 5.26 Å². The highest BCUT2D eigenvalue weighted by atomic mass is 32.2. The second-order valence-corrected chi connectivity index (χ2v) is 7.34. The first-order chi connectivity index (χ1) is 11.5. The Labute approximate surface area is 144 Å². The molecular formula is C17H12N2O3S2. The van der Waals surface area contributed by atoms with E-state index in [1.54, 1.807) is 12.1 Å². The van der Waals surface area contributed by atoms with Crippen LogP contribution in [0.25, 0.3) is 10.4 Å². The van der Waals surface area contributed by atoms with Crippen molar-refractivity contribution >= 4 is 21.7 Å². The molecule has 0 saturated heterocycles. The average Bonchev–Trinajstić information content (AvgIpc) is 2.98. The molecule has 7 heteroatoms. The monoisotopic (exact) mass is 356 g/mol. The Hall–Kier alpha value is -2.69. The van der Waals surface area contributed by atoms with Gasteiger partial charge in [-0.3, -0.25) is 0 Å². The van der Waals surface area contributed by atoms with Crippen LogP contribution in [0.3, 0.4) is 0 Å². The molecule has 0 N–H and O–H groups in total. The first-order valence-electron chi connectivity index (χ1n) is 6.97. The second kappa shape index (κ2) is 6.43. The number of aromatic nitrogens is 1. The van der Waals surface area contributed by atoms with Crippen LogP contribution in [-0.2, 0) is 10.1 Å². The largest absolute Gasteiger partial charge is 0.356 e. The number of aryl methyl sites for hydroxylation is 1. The van der Waals surface area contributed by atoms with E-state index in [-0.39, 0.29) is 16.3 Å². The van der Waals surface area contributed by atoms with Crippen molar-refractivity contribution in [3.8, 4) is 22.4 Å².